The second kappa shape index (κ2) is 8.97. The predicted molar refractivity (Wildman–Crippen MR) is 117 cm³/mol. The summed E-state index contributed by atoms with van der Waals surface area (Å²) in [5.41, 5.74) is 2.93. The van der Waals surface area contributed by atoms with Crippen LogP contribution >= 0.6 is 22.7 Å². The highest BCUT2D eigenvalue weighted by Gasteiger charge is 2.21. The highest BCUT2D eigenvalue weighted by atomic mass is 32.1. The topological polar surface area (TPSA) is 60.5 Å². The fourth-order valence-corrected chi connectivity index (χ4v) is 4.84. The van der Waals surface area contributed by atoms with Crippen LogP contribution in [0.1, 0.15) is 37.6 Å². The fourth-order valence-electron chi connectivity index (χ4n) is 3.30. The molecule has 0 aliphatic carbocycles. The molecule has 2 aromatic heterocycles. The Morgan fingerprint density at radius 1 is 1.17 bits per heavy atom. The lowest BCUT2D eigenvalue weighted by atomic mass is 9.95. The molecule has 0 radical (unpaired) electrons. The molecule has 4 rings (SSSR count). The zero-order valence-corrected chi connectivity index (χ0v) is 18.1. The molecule has 1 aliphatic heterocycles. The van der Waals surface area contributed by atoms with Gasteiger partial charge in [0.2, 0.25) is 5.91 Å². The van der Waals surface area contributed by atoms with Crippen molar-refractivity contribution in [3.63, 3.8) is 0 Å². The van der Waals surface area contributed by atoms with Crippen molar-refractivity contribution in [3.05, 3.63) is 51.7 Å². The molecule has 1 N–H and O–H groups in total. The van der Waals surface area contributed by atoms with Gasteiger partial charge in [-0.3, -0.25) is 4.79 Å². The summed E-state index contributed by atoms with van der Waals surface area (Å²) in [6, 6.07) is 7.88. The maximum atomic E-state index is 12.7. The Bertz CT molecular complexity index is 966. The average molecular weight is 429 g/mol. The van der Waals surface area contributed by atoms with Gasteiger partial charge in [0.25, 0.3) is 0 Å². The molecule has 0 fully saturated rings. The standard InChI is InChI=1S/C22H24N2O3S2/c1-14(2)21(15-4-5-18-19(10-15)27-8-3-7-26-18)24-20(25)11-17-13-29-22(23-17)16-6-9-28-12-16/h4-6,9-10,12-14,21H,3,7-8,11H2,1-2H3,(H,24,25)/t21-/m0/s1. The molecule has 0 bridgehead atoms. The van der Waals surface area contributed by atoms with Gasteiger partial charge in [-0.25, -0.2) is 4.98 Å². The van der Waals surface area contributed by atoms with Gasteiger partial charge in [-0.15, -0.1) is 11.3 Å². The van der Waals surface area contributed by atoms with Crippen molar-refractivity contribution in [2.45, 2.75) is 32.7 Å². The summed E-state index contributed by atoms with van der Waals surface area (Å²) in [6.45, 7) is 5.51. The van der Waals surface area contributed by atoms with E-state index in [0.29, 0.717) is 13.2 Å². The summed E-state index contributed by atoms with van der Waals surface area (Å²) in [5.74, 6) is 1.72. The van der Waals surface area contributed by atoms with Gasteiger partial charge in [0.05, 0.1) is 31.4 Å². The number of thiazole rings is 1. The van der Waals surface area contributed by atoms with E-state index in [9.17, 15) is 4.79 Å². The molecular formula is C22H24N2O3S2. The van der Waals surface area contributed by atoms with Crippen molar-refractivity contribution in [2.75, 3.05) is 13.2 Å². The number of carbonyl (C=O) groups is 1. The van der Waals surface area contributed by atoms with Crippen LogP contribution in [-0.2, 0) is 11.2 Å². The second-order valence-electron chi connectivity index (χ2n) is 7.38. The van der Waals surface area contributed by atoms with Gasteiger partial charge in [-0.1, -0.05) is 19.9 Å². The molecule has 1 atom stereocenters. The molecule has 0 spiro atoms. The molecule has 1 aromatic carbocycles. The van der Waals surface area contributed by atoms with E-state index in [4.69, 9.17) is 9.47 Å². The Balaban J connectivity index is 1.46. The van der Waals surface area contributed by atoms with Crippen LogP contribution in [0.3, 0.4) is 0 Å². The molecule has 0 saturated heterocycles. The van der Waals surface area contributed by atoms with Crippen LogP contribution < -0.4 is 14.8 Å². The summed E-state index contributed by atoms with van der Waals surface area (Å²) in [6.07, 6.45) is 1.14. The minimum Gasteiger partial charge on any atom is -0.490 e. The summed E-state index contributed by atoms with van der Waals surface area (Å²) < 4.78 is 11.5. The van der Waals surface area contributed by atoms with E-state index < -0.39 is 0 Å². The molecule has 3 heterocycles. The van der Waals surface area contributed by atoms with E-state index in [1.165, 1.54) is 0 Å². The predicted octanol–water partition coefficient (Wildman–Crippen LogP) is 5.09. The third-order valence-electron chi connectivity index (χ3n) is 4.78. The van der Waals surface area contributed by atoms with Crippen LogP contribution in [0.25, 0.3) is 10.6 Å². The first-order chi connectivity index (χ1) is 14.1. The number of fused-ring (bicyclic) bond motifs is 1. The van der Waals surface area contributed by atoms with Gasteiger partial charge in [-0.05, 0) is 35.1 Å². The SMILES string of the molecule is CC(C)[C@H](NC(=O)Cc1csc(-c2ccsc2)n1)c1ccc2c(c1)OCCCO2. The van der Waals surface area contributed by atoms with Crippen molar-refractivity contribution in [1.29, 1.82) is 0 Å². The zero-order chi connectivity index (χ0) is 20.2. The molecule has 1 aliphatic rings. The van der Waals surface area contributed by atoms with Crippen LogP contribution in [0.4, 0.5) is 0 Å². The number of amides is 1. The normalized spacial score (nSPS) is 14.4. The van der Waals surface area contributed by atoms with Gasteiger partial charge >= 0.3 is 0 Å². The molecule has 29 heavy (non-hydrogen) atoms. The molecule has 0 saturated carbocycles. The molecule has 1 amide bonds. The summed E-state index contributed by atoms with van der Waals surface area (Å²) in [7, 11) is 0. The van der Waals surface area contributed by atoms with E-state index >= 15 is 0 Å². The first-order valence-electron chi connectivity index (χ1n) is 9.76. The minimum atomic E-state index is -0.102. The Kier molecular flexibility index (Phi) is 6.16. The lowest BCUT2D eigenvalue weighted by Gasteiger charge is -2.23. The van der Waals surface area contributed by atoms with E-state index in [2.05, 4.69) is 29.5 Å². The van der Waals surface area contributed by atoms with Gasteiger partial charge in [0, 0.05) is 22.7 Å². The average Bonchev–Trinajstić information content (AvgIpc) is 3.33. The number of nitrogens with one attached hydrogen (secondary N) is 1. The summed E-state index contributed by atoms with van der Waals surface area (Å²) >= 11 is 3.22. The van der Waals surface area contributed by atoms with Crippen molar-refractivity contribution in [1.82, 2.24) is 10.3 Å². The smallest absolute Gasteiger partial charge is 0.226 e. The summed E-state index contributed by atoms with van der Waals surface area (Å²) in [4.78, 5) is 17.4. The lowest BCUT2D eigenvalue weighted by molar-refractivity contribution is -0.121. The Labute approximate surface area is 178 Å². The molecular weight excluding hydrogens is 404 g/mol. The third-order valence-corrected chi connectivity index (χ3v) is 6.40. The first kappa shape index (κ1) is 19.9. The van der Waals surface area contributed by atoms with E-state index in [1.807, 2.05) is 35.0 Å². The maximum Gasteiger partial charge on any atom is 0.226 e. The highest BCUT2D eigenvalue weighted by Crippen LogP contribution is 2.34. The Hall–Kier alpha value is -2.38. The van der Waals surface area contributed by atoms with Crippen LogP contribution in [0.5, 0.6) is 11.5 Å². The van der Waals surface area contributed by atoms with E-state index in [1.54, 1.807) is 22.7 Å². The van der Waals surface area contributed by atoms with E-state index in [0.717, 1.165) is 39.7 Å². The summed E-state index contributed by atoms with van der Waals surface area (Å²) in [5, 5.41) is 10.2. The third kappa shape index (κ3) is 4.79. The zero-order valence-electron chi connectivity index (χ0n) is 16.5. The number of thiophene rings is 1. The number of hydrogen-bond acceptors (Lipinski definition) is 6. The number of rotatable bonds is 6. The van der Waals surface area contributed by atoms with Crippen molar-refractivity contribution >= 4 is 28.6 Å². The Morgan fingerprint density at radius 3 is 2.76 bits per heavy atom. The minimum absolute atomic E-state index is 0.0296. The van der Waals surface area contributed by atoms with Gasteiger partial charge < -0.3 is 14.8 Å². The second-order valence-corrected chi connectivity index (χ2v) is 9.02. The van der Waals surface area contributed by atoms with Crippen LogP contribution in [0, 0.1) is 5.92 Å². The van der Waals surface area contributed by atoms with Crippen LogP contribution in [0.15, 0.2) is 40.4 Å². The first-order valence-corrected chi connectivity index (χ1v) is 11.6. The number of ether oxygens (including phenoxy) is 2. The molecule has 152 valence electrons. The molecule has 0 unspecified atom stereocenters. The van der Waals surface area contributed by atoms with Crippen LogP contribution in [-0.4, -0.2) is 24.1 Å². The highest BCUT2D eigenvalue weighted by molar-refractivity contribution is 7.14. The number of nitrogens with zero attached hydrogens (tertiary/aromatic N) is 1. The molecule has 7 heteroatoms. The molecule has 5 nitrogen and oxygen atoms in total. The monoisotopic (exact) mass is 428 g/mol. The molecule has 3 aromatic rings. The number of aromatic nitrogens is 1. The van der Waals surface area contributed by atoms with Gasteiger partial charge in [0.1, 0.15) is 5.01 Å². The van der Waals surface area contributed by atoms with Crippen molar-refractivity contribution < 1.29 is 14.3 Å². The Morgan fingerprint density at radius 2 is 2.00 bits per heavy atom. The largest absolute Gasteiger partial charge is 0.490 e. The maximum absolute atomic E-state index is 12.7. The number of benzene rings is 1. The van der Waals surface area contributed by atoms with Crippen LogP contribution in [0.2, 0.25) is 0 Å². The quantitative estimate of drug-likeness (QED) is 0.594. The number of carbonyl (C=O) groups excluding carboxylic acids is 1. The van der Waals surface area contributed by atoms with E-state index in [-0.39, 0.29) is 24.3 Å². The lowest BCUT2D eigenvalue weighted by Crippen LogP contribution is -2.33. The number of hydrogen-bond donors (Lipinski definition) is 1. The van der Waals surface area contributed by atoms with Crippen molar-refractivity contribution in [3.8, 4) is 22.1 Å². The van der Waals surface area contributed by atoms with Gasteiger partial charge in [0.15, 0.2) is 11.5 Å². The van der Waals surface area contributed by atoms with Gasteiger partial charge in [-0.2, -0.15) is 11.3 Å². The van der Waals surface area contributed by atoms with Crippen molar-refractivity contribution in [2.24, 2.45) is 5.92 Å². The fraction of sp³-hybridized carbons (Fsp3) is 0.364.